The number of halogens is 1. The highest BCUT2D eigenvalue weighted by Gasteiger charge is 2.33. The van der Waals surface area contributed by atoms with Crippen LogP contribution in [-0.4, -0.2) is 17.1 Å². The van der Waals surface area contributed by atoms with Crippen LogP contribution in [-0.2, 0) is 0 Å². The SMILES string of the molecule is CC1(C)CCCCC1Nc1ccc(F)c(N)c1C(=O)O. The van der Waals surface area contributed by atoms with E-state index in [0.717, 1.165) is 19.3 Å². The molecule has 0 aromatic heterocycles. The van der Waals surface area contributed by atoms with Crippen molar-refractivity contribution < 1.29 is 14.3 Å². The van der Waals surface area contributed by atoms with E-state index in [-0.39, 0.29) is 22.7 Å². The average molecular weight is 280 g/mol. The smallest absolute Gasteiger partial charge is 0.340 e. The maximum Gasteiger partial charge on any atom is 0.340 e. The average Bonchev–Trinajstić information content (AvgIpc) is 2.36. The van der Waals surface area contributed by atoms with E-state index in [1.54, 1.807) is 0 Å². The van der Waals surface area contributed by atoms with Crippen LogP contribution >= 0.6 is 0 Å². The normalized spacial score (nSPS) is 21.4. The Hall–Kier alpha value is -1.78. The largest absolute Gasteiger partial charge is 0.478 e. The number of carbonyl (C=O) groups is 1. The van der Waals surface area contributed by atoms with Crippen LogP contribution in [0.5, 0.6) is 0 Å². The van der Waals surface area contributed by atoms with Crippen LogP contribution in [0.25, 0.3) is 0 Å². The van der Waals surface area contributed by atoms with Crippen molar-refractivity contribution in [3.63, 3.8) is 0 Å². The molecule has 0 bridgehead atoms. The Labute approximate surface area is 118 Å². The standard InChI is InChI=1S/C15H21FN2O2/c1-15(2)8-4-3-5-11(15)18-10-7-6-9(16)13(17)12(10)14(19)20/h6-7,11,18H,3-5,8,17H2,1-2H3,(H,19,20). The molecule has 0 amide bonds. The van der Waals surface area contributed by atoms with E-state index < -0.39 is 11.8 Å². The molecule has 1 unspecified atom stereocenters. The van der Waals surface area contributed by atoms with Gasteiger partial charge in [0.1, 0.15) is 11.4 Å². The summed E-state index contributed by atoms with van der Waals surface area (Å²) in [5, 5.41) is 12.5. The highest BCUT2D eigenvalue weighted by Crippen LogP contribution is 2.38. The summed E-state index contributed by atoms with van der Waals surface area (Å²) in [6.07, 6.45) is 4.36. The number of benzene rings is 1. The lowest BCUT2D eigenvalue weighted by molar-refractivity contribution is 0.0698. The third kappa shape index (κ3) is 2.71. The van der Waals surface area contributed by atoms with Gasteiger partial charge in [-0.1, -0.05) is 26.7 Å². The number of anilines is 2. The number of nitrogen functional groups attached to an aromatic ring is 1. The van der Waals surface area contributed by atoms with Crippen molar-refractivity contribution >= 4 is 17.3 Å². The van der Waals surface area contributed by atoms with Gasteiger partial charge in [-0.25, -0.2) is 9.18 Å². The predicted octanol–water partition coefficient (Wildman–Crippen LogP) is 3.49. The zero-order valence-corrected chi connectivity index (χ0v) is 11.9. The van der Waals surface area contributed by atoms with Gasteiger partial charge in [-0.3, -0.25) is 0 Å². The van der Waals surface area contributed by atoms with Crippen LogP contribution in [0.4, 0.5) is 15.8 Å². The van der Waals surface area contributed by atoms with E-state index in [2.05, 4.69) is 19.2 Å². The lowest BCUT2D eigenvalue weighted by Crippen LogP contribution is -2.39. The summed E-state index contributed by atoms with van der Waals surface area (Å²) in [5.74, 6) is -1.91. The van der Waals surface area contributed by atoms with Gasteiger partial charge in [0, 0.05) is 6.04 Å². The summed E-state index contributed by atoms with van der Waals surface area (Å²) in [6.45, 7) is 4.33. The van der Waals surface area contributed by atoms with Gasteiger partial charge in [-0.05, 0) is 30.4 Å². The molecule has 0 radical (unpaired) electrons. The van der Waals surface area contributed by atoms with Crippen LogP contribution in [0.3, 0.4) is 0 Å². The van der Waals surface area contributed by atoms with Gasteiger partial charge >= 0.3 is 5.97 Å². The molecule has 5 heteroatoms. The Morgan fingerprint density at radius 1 is 1.45 bits per heavy atom. The highest BCUT2D eigenvalue weighted by atomic mass is 19.1. The van der Waals surface area contributed by atoms with Crippen LogP contribution in [0.1, 0.15) is 49.9 Å². The number of rotatable bonds is 3. The first-order chi connectivity index (χ1) is 9.33. The second kappa shape index (κ2) is 5.31. The maximum absolute atomic E-state index is 13.4. The molecule has 1 aromatic carbocycles. The molecule has 2 rings (SSSR count). The van der Waals surface area contributed by atoms with Crippen LogP contribution in [0, 0.1) is 11.2 Å². The summed E-state index contributed by atoms with van der Waals surface area (Å²) in [7, 11) is 0. The van der Waals surface area contributed by atoms with E-state index in [4.69, 9.17) is 5.73 Å². The molecule has 4 nitrogen and oxygen atoms in total. The minimum absolute atomic E-state index is 0.0805. The molecule has 0 heterocycles. The molecule has 110 valence electrons. The summed E-state index contributed by atoms with van der Waals surface area (Å²) >= 11 is 0. The van der Waals surface area contributed by atoms with E-state index >= 15 is 0 Å². The van der Waals surface area contributed by atoms with Crippen molar-refractivity contribution in [2.24, 2.45) is 5.41 Å². The first-order valence-electron chi connectivity index (χ1n) is 6.91. The fourth-order valence-electron chi connectivity index (χ4n) is 2.89. The number of hydrogen-bond donors (Lipinski definition) is 3. The van der Waals surface area contributed by atoms with E-state index in [1.807, 2.05) is 0 Å². The zero-order valence-electron chi connectivity index (χ0n) is 11.9. The fourth-order valence-corrected chi connectivity index (χ4v) is 2.89. The molecule has 1 atom stereocenters. The van der Waals surface area contributed by atoms with Gasteiger partial charge in [0.15, 0.2) is 0 Å². The second-order valence-electron chi connectivity index (χ2n) is 6.12. The highest BCUT2D eigenvalue weighted by molar-refractivity contribution is 6.00. The summed E-state index contributed by atoms with van der Waals surface area (Å²) in [6, 6.07) is 2.83. The number of hydrogen-bond acceptors (Lipinski definition) is 3. The van der Waals surface area contributed by atoms with Crippen molar-refractivity contribution in [3.05, 3.63) is 23.5 Å². The molecule has 1 aliphatic carbocycles. The van der Waals surface area contributed by atoms with Crippen molar-refractivity contribution in [2.75, 3.05) is 11.1 Å². The first kappa shape index (κ1) is 14.6. The Morgan fingerprint density at radius 3 is 2.75 bits per heavy atom. The number of nitrogens with one attached hydrogen (secondary N) is 1. The monoisotopic (exact) mass is 280 g/mol. The molecule has 1 saturated carbocycles. The summed E-state index contributed by atoms with van der Waals surface area (Å²) in [5.41, 5.74) is 5.56. The topological polar surface area (TPSA) is 75.3 Å². The zero-order chi connectivity index (χ0) is 14.9. The van der Waals surface area contributed by atoms with Gasteiger partial charge in [0.25, 0.3) is 0 Å². The first-order valence-corrected chi connectivity index (χ1v) is 6.91. The Balaban J connectivity index is 2.34. The number of nitrogens with two attached hydrogens (primary N) is 1. The molecule has 1 aromatic rings. The van der Waals surface area contributed by atoms with Crippen molar-refractivity contribution in [2.45, 2.75) is 45.6 Å². The number of aromatic carboxylic acids is 1. The lowest BCUT2D eigenvalue weighted by atomic mass is 9.73. The number of carboxylic acids is 1. The third-order valence-electron chi connectivity index (χ3n) is 4.24. The molecule has 0 spiro atoms. The van der Waals surface area contributed by atoms with Crippen LogP contribution in [0.15, 0.2) is 12.1 Å². The summed E-state index contributed by atoms with van der Waals surface area (Å²) in [4.78, 5) is 11.3. The van der Waals surface area contributed by atoms with E-state index in [9.17, 15) is 14.3 Å². The molecule has 4 N–H and O–H groups in total. The van der Waals surface area contributed by atoms with Gasteiger partial charge in [0.2, 0.25) is 0 Å². The van der Waals surface area contributed by atoms with E-state index in [0.29, 0.717) is 5.69 Å². The van der Waals surface area contributed by atoms with Crippen molar-refractivity contribution in [1.82, 2.24) is 0 Å². The lowest BCUT2D eigenvalue weighted by Gasteiger charge is -2.40. The Kier molecular flexibility index (Phi) is 3.88. The van der Waals surface area contributed by atoms with E-state index in [1.165, 1.54) is 18.6 Å². The second-order valence-corrected chi connectivity index (χ2v) is 6.12. The molecule has 0 aliphatic heterocycles. The Bertz CT molecular complexity index is 529. The maximum atomic E-state index is 13.4. The van der Waals surface area contributed by atoms with Gasteiger partial charge in [0.05, 0.1) is 11.4 Å². The number of carboxylic acid groups (broad SMARTS) is 1. The molecule has 0 saturated heterocycles. The summed E-state index contributed by atoms with van der Waals surface area (Å²) < 4.78 is 13.4. The third-order valence-corrected chi connectivity index (χ3v) is 4.24. The van der Waals surface area contributed by atoms with Crippen LogP contribution in [0.2, 0.25) is 0 Å². The van der Waals surface area contributed by atoms with Gasteiger partial charge < -0.3 is 16.2 Å². The van der Waals surface area contributed by atoms with Crippen molar-refractivity contribution in [3.8, 4) is 0 Å². The van der Waals surface area contributed by atoms with Gasteiger partial charge in [-0.2, -0.15) is 0 Å². The molecular formula is C15H21FN2O2. The molecule has 1 fully saturated rings. The minimum atomic E-state index is -1.21. The quantitative estimate of drug-likeness (QED) is 0.741. The van der Waals surface area contributed by atoms with Gasteiger partial charge in [-0.15, -0.1) is 0 Å². The molecule has 1 aliphatic rings. The van der Waals surface area contributed by atoms with Crippen molar-refractivity contribution in [1.29, 1.82) is 0 Å². The predicted molar refractivity (Wildman–Crippen MR) is 77.4 cm³/mol. The fraction of sp³-hybridized carbons (Fsp3) is 0.533. The molecule has 20 heavy (non-hydrogen) atoms. The van der Waals surface area contributed by atoms with Crippen LogP contribution < -0.4 is 11.1 Å². The minimum Gasteiger partial charge on any atom is -0.478 e. The Morgan fingerprint density at radius 2 is 2.15 bits per heavy atom. The molecular weight excluding hydrogens is 259 g/mol.